The number of ether oxygens (including phenoxy) is 1. The fourth-order valence-corrected chi connectivity index (χ4v) is 1.42. The minimum atomic E-state index is 0.246. The van der Waals surface area contributed by atoms with Crippen LogP contribution in [0, 0.1) is 0 Å². The van der Waals surface area contributed by atoms with E-state index < -0.39 is 0 Å². The summed E-state index contributed by atoms with van der Waals surface area (Å²) in [6, 6.07) is 5.34. The summed E-state index contributed by atoms with van der Waals surface area (Å²) in [5, 5.41) is 0.246. The average molecular weight is 225 g/mol. The van der Waals surface area contributed by atoms with E-state index in [9.17, 15) is 0 Å². The highest BCUT2D eigenvalue weighted by atomic mass is 35.5. The van der Waals surface area contributed by atoms with E-state index in [0.29, 0.717) is 22.6 Å². The maximum atomic E-state index is 5.83. The van der Waals surface area contributed by atoms with Crippen molar-refractivity contribution in [2.75, 3.05) is 12.5 Å². The fourth-order valence-electron chi connectivity index (χ4n) is 1.23. The van der Waals surface area contributed by atoms with Gasteiger partial charge in [-0.25, -0.2) is 15.8 Å². The first-order chi connectivity index (χ1) is 7.24. The Morgan fingerprint density at radius 3 is 2.80 bits per heavy atom. The Kier molecular flexibility index (Phi) is 2.57. The Morgan fingerprint density at radius 1 is 1.33 bits per heavy atom. The maximum absolute atomic E-state index is 5.83. The monoisotopic (exact) mass is 224 g/mol. The van der Waals surface area contributed by atoms with E-state index in [-0.39, 0.29) is 5.15 Å². The largest absolute Gasteiger partial charge is 0.497 e. The summed E-state index contributed by atoms with van der Waals surface area (Å²) in [6.07, 6.45) is 0. The predicted octanol–water partition coefficient (Wildman–Crippen LogP) is 1.58. The van der Waals surface area contributed by atoms with E-state index in [0.717, 1.165) is 0 Å². The summed E-state index contributed by atoms with van der Waals surface area (Å²) in [5.41, 5.74) is 3.75. The summed E-state index contributed by atoms with van der Waals surface area (Å²) < 4.78 is 5.07. The molecular formula is C9H9ClN4O. The van der Waals surface area contributed by atoms with Crippen LogP contribution in [0.5, 0.6) is 5.75 Å². The Balaban J connectivity index is 2.66. The number of nitrogens with zero attached hydrogens (tertiary/aromatic N) is 2. The van der Waals surface area contributed by atoms with Crippen molar-refractivity contribution in [3.05, 3.63) is 23.4 Å². The van der Waals surface area contributed by atoms with Crippen molar-refractivity contribution in [1.82, 2.24) is 9.97 Å². The topological polar surface area (TPSA) is 73.1 Å². The van der Waals surface area contributed by atoms with Crippen LogP contribution < -0.4 is 16.0 Å². The van der Waals surface area contributed by atoms with E-state index in [2.05, 4.69) is 15.4 Å². The third-order valence-electron chi connectivity index (χ3n) is 1.97. The van der Waals surface area contributed by atoms with Gasteiger partial charge in [0.25, 0.3) is 0 Å². The summed E-state index contributed by atoms with van der Waals surface area (Å²) in [5.74, 6) is 6.30. The van der Waals surface area contributed by atoms with E-state index in [1.54, 1.807) is 25.3 Å². The molecule has 2 aromatic rings. The molecule has 78 valence electrons. The lowest BCUT2D eigenvalue weighted by Crippen LogP contribution is -2.09. The van der Waals surface area contributed by atoms with Crippen LogP contribution in [0.2, 0.25) is 5.15 Å². The van der Waals surface area contributed by atoms with Crippen LogP contribution in [0.1, 0.15) is 0 Å². The Hall–Kier alpha value is -1.59. The molecular weight excluding hydrogens is 216 g/mol. The highest BCUT2D eigenvalue weighted by Gasteiger charge is 2.05. The van der Waals surface area contributed by atoms with Crippen LogP contribution in [0.4, 0.5) is 5.82 Å². The van der Waals surface area contributed by atoms with E-state index >= 15 is 0 Å². The van der Waals surface area contributed by atoms with Gasteiger partial charge in [0.2, 0.25) is 0 Å². The second kappa shape index (κ2) is 3.88. The van der Waals surface area contributed by atoms with E-state index in [1.807, 2.05) is 0 Å². The van der Waals surface area contributed by atoms with Gasteiger partial charge in [-0.1, -0.05) is 11.6 Å². The molecule has 2 rings (SSSR count). The van der Waals surface area contributed by atoms with Crippen LogP contribution in [0.3, 0.4) is 0 Å². The van der Waals surface area contributed by atoms with Crippen molar-refractivity contribution in [2.24, 2.45) is 5.84 Å². The Morgan fingerprint density at radius 2 is 2.13 bits per heavy atom. The smallest absolute Gasteiger partial charge is 0.178 e. The van der Waals surface area contributed by atoms with Crippen molar-refractivity contribution in [3.63, 3.8) is 0 Å². The van der Waals surface area contributed by atoms with Crippen molar-refractivity contribution in [3.8, 4) is 5.75 Å². The van der Waals surface area contributed by atoms with Gasteiger partial charge < -0.3 is 10.2 Å². The first-order valence-corrected chi connectivity index (χ1v) is 4.60. The van der Waals surface area contributed by atoms with Crippen LogP contribution in [0.25, 0.3) is 11.0 Å². The standard InChI is InChI=1S/C9H9ClN4O/c1-15-5-2-3-6-7(4-5)13-9(14-11)8(10)12-6/h2-4H,11H2,1H3,(H,13,14). The highest BCUT2D eigenvalue weighted by molar-refractivity contribution is 6.32. The number of aromatic nitrogens is 2. The van der Waals surface area contributed by atoms with Crippen LogP contribution in [-0.2, 0) is 0 Å². The third-order valence-corrected chi connectivity index (χ3v) is 2.23. The molecule has 1 aromatic carbocycles. The molecule has 0 fully saturated rings. The SMILES string of the molecule is COc1ccc2nc(Cl)c(NN)nc2c1. The van der Waals surface area contributed by atoms with Gasteiger partial charge in [-0.05, 0) is 12.1 Å². The number of nitrogens with two attached hydrogens (primary N) is 1. The van der Waals surface area contributed by atoms with Gasteiger partial charge in [0.1, 0.15) is 5.75 Å². The Labute approximate surface area is 91.2 Å². The minimum Gasteiger partial charge on any atom is -0.497 e. The van der Waals surface area contributed by atoms with Crippen LogP contribution >= 0.6 is 11.6 Å². The summed E-state index contributed by atoms with van der Waals surface area (Å²) >= 11 is 5.83. The summed E-state index contributed by atoms with van der Waals surface area (Å²) in [6.45, 7) is 0. The first-order valence-electron chi connectivity index (χ1n) is 4.22. The van der Waals surface area contributed by atoms with Gasteiger partial charge in [0.05, 0.1) is 18.1 Å². The van der Waals surface area contributed by atoms with E-state index in [1.165, 1.54) is 0 Å². The van der Waals surface area contributed by atoms with Gasteiger partial charge in [-0.3, -0.25) is 0 Å². The maximum Gasteiger partial charge on any atom is 0.178 e. The molecule has 0 aliphatic carbocycles. The van der Waals surface area contributed by atoms with Crippen molar-refractivity contribution >= 4 is 28.5 Å². The number of hydrazine groups is 1. The normalized spacial score (nSPS) is 10.3. The molecule has 0 aliphatic heterocycles. The van der Waals surface area contributed by atoms with Gasteiger partial charge in [0.15, 0.2) is 11.0 Å². The average Bonchev–Trinajstić information content (AvgIpc) is 2.27. The number of hydrogen-bond donors (Lipinski definition) is 2. The highest BCUT2D eigenvalue weighted by Crippen LogP contribution is 2.23. The molecule has 0 atom stereocenters. The number of methoxy groups -OCH3 is 1. The number of fused-ring (bicyclic) bond motifs is 1. The number of halogens is 1. The number of rotatable bonds is 2. The summed E-state index contributed by atoms with van der Waals surface area (Å²) in [4.78, 5) is 8.32. The van der Waals surface area contributed by atoms with Crippen LogP contribution in [0.15, 0.2) is 18.2 Å². The molecule has 0 amide bonds. The van der Waals surface area contributed by atoms with Crippen molar-refractivity contribution in [1.29, 1.82) is 0 Å². The van der Waals surface area contributed by atoms with Crippen LogP contribution in [-0.4, -0.2) is 17.1 Å². The zero-order chi connectivity index (χ0) is 10.8. The van der Waals surface area contributed by atoms with E-state index in [4.69, 9.17) is 22.2 Å². The molecule has 1 aromatic heterocycles. The molecule has 0 unspecified atom stereocenters. The molecule has 0 aliphatic rings. The molecule has 1 heterocycles. The number of anilines is 1. The van der Waals surface area contributed by atoms with Crippen molar-refractivity contribution in [2.45, 2.75) is 0 Å². The zero-order valence-electron chi connectivity index (χ0n) is 7.99. The number of benzene rings is 1. The minimum absolute atomic E-state index is 0.246. The molecule has 3 N–H and O–H groups in total. The first kappa shape index (κ1) is 9.95. The van der Waals surface area contributed by atoms with Gasteiger partial charge >= 0.3 is 0 Å². The molecule has 5 nitrogen and oxygen atoms in total. The van der Waals surface area contributed by atoms with Gasteiger partial charge in [-0.2, -0.15) is 0 Å². The lowest BCUT2D eigenvalue weighted by atomic mass is 10.3. The number of nitrogen functional groups attached to an aromatic ring is 1. The van der Waals surface area contributed by atoms with Gasteiger partial charge in [-0.15, -0.1) is 0 Å². The molecule has 0 spiro atoms. The fraction of sp³-hybridized carbons (Fsp3) is 0.111. The molecule has 15 heavy (non-hydrogen) atoms. The number of hydrogen-bond acceptors (Lipinski definition) is 5. The lowest BCUT2D eigenvalue weighted by Gasteiger charge is -2.05. The predicted molar refractivity (Wildman–Crippen MR) is 58.9 cm³/mol. The molecule has 0 saturated heterocycles. The molecule has 0 radical (unpaired) electrons. The second-order valence-corrected chi connectivity index (χ2v) is 3.22. The quantitative estimate of drug-likeness (QED) is 0.599. The molecule has 0 saturated carbocycles. The second-order valence-electron chi connectivity index (χ2n) is 2.86. The van der Waals surface area contributed by atoms with Gasteiger partial charge in [0, 0.05) is 6.07 Å². The zero-order valence-corrected chi connectivity index (χ0v) is 8.75. The Bertz CT molecular complexity index is 503. The molecule has 6 heteroatoms. The molecule has 0 bridgehead atoms. The third kappa shape index (κ3) is 1.79. The summed E-state index contributed by atoms with van der Waals surface area (Å²) in [7, 11) is 1.59. The van der Waals surface area contributed by atoms with Crippen molar-refractivity contribution < 1.29 is 4.74 Å². The number of nitrogens with one attached hydrogen (secondary N) is 1. The lowest BCUT2D eigenvalue weighted by molar-refractivity contribution is 0.415.